The van der Waals surface area contributed by atoms with Gasteiger partial charge in [0.25, 0.3) is 0 Å². The van der Waals surface area contributed by atoms with Crippen molar-refractivity contribution in [2.45, 2.75) is 37.5 Å². The molecule has 0 spiro atoms. The van der Waals surface area contributed by atoms with Gasteiger partial charge in [-0.2, -0.15) is 13.2 Å². The molecule has 1 nitrogen and oxygen atoms in total. The van der Waals surface area contributed by atoms with Crippen LogP contribution in [0.4, 0.5) is 13.2 Å². The van der Waals surface area contributed by atoms with E-state index in [9.17, 15) is 18.3 Å². The molecule has 17 heavy (non-hydrogen) atoms. The Balaban J connectivity index is 1.75. The summed E-state index contributed by atoms with van der Waals surface area (Å²) in [5.41, 5.74) is -1.27. The predicted octanol–water partition coefficient (Wildman–Crippen LogP) is 3.32. The Morgan fingerprint density at radius 1 is 1.24 bits per heavy atom. The highest BCUT2D eigenvalue weighted by atomic mass is 19.4. The highest BCUT2D eigenvalue weighted by Crippen LogP contribution is 2.56. The van der Waals surface area contributed by atoms with E-state index >= 15 is 0 Å². The number of alkyl halides is 3. The Morgan fingerprint density at radius 2 is 1.88 bits per heavy atom. The average Bonchev–Trinajstić information content (AvgIpc) is 2.92. The lowest BCUT2D eigenvalue weighted by Gasteiger charge is -2.14. The molecule has 2 atom stereocenters. The first-order chi connectivity index (χ1) is 7.93. The molecule has 1 fully saturated rings. The molecule has 4 heteroatoms. The number of rotatable bonds is 4. The summed E-state index contributed by atoms with van der Waals surface area (Å²) in [4.78, 5) is 0. The molecule has 0 aromatic heterocycles. The summed E-state index contributed by atoms with van der Waals surface area (Å²) >= 11 is 0. The summed E-state index contributed by atoms with van der Waals surface area (Å²) in [5, 5.41) is 9.30. The number of aryl methyl sites for hydroxylation is 1. The van der Waals surface area contributed by atoms with Crippen LogP contribution in [0, 0.1) is 5.92 Å². The predicted molar refractivity (Wildman–Crippen MR) is 58.5 cm³/mol. The largest absolute Gasteiger partial charge is 0.417 e. The highest BCUT2D eigenvalue weighted by molar-refractivity contribution is 5.15. The second-order valence-corrected chi connectivity index (χ2v) is 4.70. The summed E-state index contributed by atoms with van der Waals surface area (Å²) < 4.78 is 37.1. The smallest absolute Gasteiger partial charge is 0.380 e. The van der Waals surface area contributed by atoms with Crippen LogP contribution < -0.4 is 0 Å². The van der Waals surface area contributed by atoms with Crippen LogP contribution in [0.3, 0.4) is 0 Å². The van der Waals surface area contributed by atoms with Gasteiger partial charge in [0.2, 0.25) is 0 Å². The number of halogens is 3. The third-order valence-corrected chi connectivity index (χ3v) is 3.42. The normalized spacial score (nSPS) is 28.1. The number of aliphatic hydroxyl groups is 1. The van der Waals surface area contributed by atoms with E-state index in [4.69, 9.17) is 0 Å². The van der Waals surface area contributed by atoms with Crippen molar-refractivity contribution in [1.82, 2.24) is 0 Å². The number of hydrogen-bond donors (Lipinski definition) is 1. The molecule has 1 saturated carbocycles. The molecular weight excluding hydrogens is 229 g/mol. The van der Waals surface area contributed by atoms with Crippen LogP contribution in [0.25, 0.3) is 0 Å². The molecule has 1 aliphatic rings. The molecule has 0 saturated heterocycles. The molecule has 0 unspecified atom stereocenters. The molecule has 94 valence electrons. The van der Waals surface area contributed by atoms with E-state index in [1.54, 1.807) is 0 Å². The molecule has 0 bridgehead atoms. The second-order valence-electron chi connectivity index (χ2n) is 4.70. The molecule has 0 amide bonds. The lowest BCUT2D eigenvalue weighted by molar-refractivity contribution is -0.223. The topological polar surface area (TPSA) is 20.2 Å². The maximum Gasteiger partial charge on any atom is 0.417 e. The first-order valence-electron chi connectivity index (χ1n) is 5.76. The second kappa shape index (κ2) is 4.33. The van der Waals surface area contributed by atoms with Crippen molar-refractivity contribution >= 4 is 0 Å². The van der Waals surface area contributed by atoms with Gasteiger partial charge in [0, 0.05) is 0 Å². The standard InChI is InChI=1S/C13H15F3O/c14-13(15,16)12(17)9-11(12)8-4-7-10-5-2-1-3-6-10/h1-3,5-6,11,17H,4,7-9H2/t11-,12-/m1/s1. The molecule has 1 aromatic carbocycles. The Morgan fingerprint density at radius 3 is 2.41 bits per heavy atom. The van der Waals surface area contributed by atoms with Gasteiger partial charge in [0.1, 0.15) is 0 Å². The van der Waals surface area contributed by atoms with Crippen molar-refractivity contribution in [3.8, 4) is 0 Å². The first kappa shape index (κ1) is 12.4. The van der Waals surface area contributed by atoms with Crippen molar-refractivity contribution in [2.24, 2.45) is 5.92 Å². The molecule has 0 radical (unpaired) electrons. The minimum Gasteiger partial charge on any atom is -0.380 e. The summed E-state index contributed by atoms with van der Waals surface area (Å²) in [7, 11) is 0. The van der Waals surface area contributed by atoms with Crippen molar-refractivity contribution in [1.29, 1.82) is 0 Å². The van der Waals surface area contributed by atoms with Crippen LogP contribution in [0.5, 0.6) is 0 Å². The average molecular weight is 244 g/mol. The summed E-state index contributed by atoms with van der Waals surface area (Å²) in [6.45, 7) is 0. The first-order valence-corrected chi connectivity index (χ1v) is 5.76. The van der Waals surface area contributed by atoms with Crippen molar-refractivity contribution in [3.05, 3.63) is 35.9 Å². The van der Waals surface area contributed by atoms with E-state index in [0.717, 1.165) is 12.0 Å². The number of hydrogen-bond acceptors (Lipinski definition) is 1. The van der Waals surface area contributed by atoms with E-state index in [1.807, 2.05) is 30.3 Å². The van der Waals surface area contributed by atoms with Crippen LogP contribution in [-0.4, -0.2) is 16.9 Å². The lowest BCUT2D eigenvalue weighted by Crippen LogP contribution is -2.32. The SMILES string of the molecule is O[C@]1(C(F)(F)F)C[C@H]1CCCc1ccccc1. The van der Waals surface area contributed by atoms with Gasteiger partial charge in [-0.15, -0.1) is 0 Å². The van der Waals surface area contributed by atoms with Crippen LogP contribution >= 0.6 is 0 Å². The minimum atomic E-state index is -4.47. The van der Waals surface area contributed by atoms with Gasteiger partial charge >= 0.3 is 6.18 Å². The van der Waals surface area contributed by atoms with Gasteiger partial charge in [0.15, 0.2) is 5.60 Å². The summed E-state index contributed by atoms with van der Waals surface area (Å²) in [5.74, 6) is -0.605. The molecule has 1 N–H and O–H groups in total. The van der Waals surface area contributed by atoms with Crippen molar-refractivity contribution in [3.63, 3.8) is 0 Å². The van der Waals surface area contributed by atoms with Gasteiger partial charge < -0.3 is 5.11 Å². The van der Waals surface area contributed by atoms with Crippen LogP contribution in [0.1, 0.15) is 24.8 Å². The van der Waals surface area contributed by atoms with Gasteiger partial charge in [0.05, 0.1) is 0 Å². The zero-order valence-electron chi connectivity index (χ0n) is 9.37. The maximum absolute atomic E-state index is 12.4. The van der Waals surface area contributed by atoms with Gasteiger partial charge in [-0.1, -0.05) is 30.3 Å². The number of benzene rings is 1. The molecule has 1 aromatic rings. The van der Waals surface area contributed by atoms with E-state index < -0.39 is 17.7 Å². The fraction of sp³-hybridized carbons (Fsp3) is 0.538. The zero-order chi connectivity index (χ0) is 12.5. The van der Waals surface area contributed by atoms with Gasteiger partial charge in [-0.3, -0.25) is 0 Å². The Hall–Kier alpha value is -1.03. The van der Waals surface area contributed by atoms with E-state index in [1.165, 1.54) is 0 Å². The monoisotopic (exact) mass is 244 g/mol. The minimum absolute atomic E-state index is 0.134. The van der Waals surface area contributed by atoms with Crippen molar-refractivity contribution in [2.75, 3.05) is 0 Å². The zero-order valence-corrected chi connectivity index (χ0v) is 9.37. The quantitative estimate of drug-likeness (QED) is 0.861. The summed E-state index contributed by atoms with van der Waals surface area (Å²) in [6.07, 6.45) is -2.71. The fourth-order valence-electron chi connectivity index (χ4n) is 2.20. The van der Waals surface area contributed by atoms with Crippen LogP contribution in [0.15, 0.2) is 30.3 Å². The van der Waals surface area contributed by atoms with Gasteiger partial charge in [-0.25, -0.2) is 0 Å². The van der Waals surface area contributed by atoms with Crippen LogP contribution in [0.2, 0.25) is 0 Å². The Labute approximate surface area is 98.3 Å². The van der Waals surface area contributed by atoms with E-state index in [-0.39, 0.29) is 6.42 Å². The van der Waals surface area contributed by atoms with Crippen LogP contribution in [-0.2, 0) is 6.42 Å². The van der Waals surface area contributed by atoms with Gasteiger partial charge in [-0.05, 0) is 37.2 Å². The highest BCUT2D eigenvalue weighted by Gasteiger charge is 2.69. The molecular formula is C13H15F3O. The fourth-order valence-corrected chi connectivity index (χ4v) is 2.20. The Bertz CT molecular complexity index is 374. The maximum atomic E-state index is 12.4. The molecule has 2 rings (SSSR count). The molecule has 1 aliphatic carbocycles. The van der Waals surface area contributed by atoms with E-state index in [2.05, 4.69) is 0 Å². The lowest BCUT2D eigenvalue weighted by atomic mass is 10.1. The molecule has 0 aliphatic heterocycles. The van der Waals surface area contributed by atoms with Crippen molar-refractivity contribution < 1.29 is 18.3 Å². The Kier molecular flexibility index (Phi) is 3.17. The molecule has 0 heterocycles. The van der Waals surface area contributed by atoms with E-state index in [0.29, 0.717) is 12.8 Å². The third kappa shape index (κ3) is 2.63. The third-order valence-electron chi connectivity index (χ3n) is 3.42. The summed E-state index contributed by atoms with van der Waals surface area (Å²) in [6, 6.07) is 9.66.